The lowest BCUT2D eigenvalue weighted by Crippen LogP contribution is -2.61. The number of nitrogens with zero attached hydrogens (tertiary/aromatic N) is 3. The number of benzene rings is 1. The molecule has 1 aromatic carbocycles. The largest absolute Gasteiger partial charge is 0.350 e. The number of hydrogen-bond acceptors (Lipinski definition) is 11. The Morgan fingerprint density at radius 3 is 2.67 bits per heavy atom. The molecular formula is C26H32N4O7S5. The van der Waals surface area contributed by atoms with Crippen molar-refractivity contribution in [3.05, 3.63) is 59.0 Å². The minimum absolute atomic E-state index is 0.0610. The maximum Gasteiger partial charge on any atom is 0.263 e. The molecule has 1 amide bonds. The number of thiol groups is 1. The van der Waals surface area contributed by atoms with E-state index in [-0.39, 0.29) is 29.6 Å². The number of sulfonamides is 2. The number of thiophene rings is 1. The van der Waals surface area contributed by atoms with Crippen molar-refractivity contribution in [2.24, 2.45) is 0 Å². The van der Waals surface area contributed by atoms with E-state index in [1.807, 2.05) is 35.7 Å². The van der Waals surface area contributed by atoms with E-state index >= 15 is 0 Å². The summed E-state index contributed by atoms with van der Waals surface area (Å²) in [5.74, 6) is -1.05. The molecule has 2 aromatic heterocycles. The average molecular weight is 673 g/mol. The van der Waals surface area contributed by atoms with Crippen LogP contribution < -0.4 is 5.48 Å². The Morgan fingerprint density at radius 1 is 1.14 bits per heavy atom. The molecule has 3 aromatic rings. The fourth-order valence-corrected chi connectivity index (χ4v) is 10.9. The zero-order valence-electron chi connectivity index (χ0n) is 22.6. The molecule has 11 nitrogen and oxygen atoms in total. The Balaban J connectivity index is 1.35. The van der Waals surface area contributed by atoms with Crippen LogP contribution in [-0.4, -0.2) is 85.9 Å². The Kier molecular flexibility index (Phi) is 10.4. The van der Waals surface area contributed by atoms with Crippen LogP contribution in [0.1, 0.15) is 24.3 Å². The molecule has 5 rings (SSSR count). The quantitative estimate of drug-likeness (QED) is 0.235. The van der Waals surface area contributed by atoms with Crippen molar-refractivity contribution in [2.75, 3.05) is 32.0 Å². The molecule has 2 fully saturated rings. The molecule has 0 saturated carbocycles. The van der Waals surface area contributed by atoms with Crippen molar-refractivity contribution in [3.63, 3.8) is 0 Å². The molecule has 1 N–H and O–H groups in total. The first-order chi connectivity index (χ1) is 20.1. The number of aromatic nitrogens is 1. The van der Waals surface area contributed by atoms with Crippen LogP contribution in [-0.2, 0) is 40.8 Å². The van der Waals surface area contributed by atoms with Crippen LogP contribution in [0.15, 0.2) is 58.3 Å². The molecule has 42 heavy (non-hydrogen) atoms. The maximum atomic E-state index is 13.9. The molecule has 16 heteroatoms. The Morgan fingerprint density at radius 2 is 1.95 bits per heavy atom. The summed E-state index contributed by atoms with van der Waals surface area (Å²) in [7, 11) is -8.04. The van der Waals surface area contributed by atoms with Gasteiger partial charge < -0.3 is 4.74 Å². The first-order valence-electron chi connectivity index (χ1n) is 13.4. The van der Waals surface area contributed by atoms with Crippen molar-refractivity contribution in [2.45, 2.75) is 47.5 Å². The summed E-state index contributed by atoms with van der Waals surface area (Å²) < 4.78 is 62.3. The monoisotopic (exact) mass is 672 g/mol. The number of carbonyl (C=O) groups excluding carboxylic acids is 1. The van der Waals surface area contributed by atoms with E-state index < -0.39 is 43.5 Å². The number of carbonyl (C=O) groups is 1. The van der Waals surface area contributed by atoms with E-state index in [4.69, 9.17) is 9.57 Å². The standard InChI is InChI=1S/C26H32N4O7S5/c31-26(28-37-24-8-4-5-14-36-24)21-17-29(41(32,33)18-20(38)16-23-27-11-15-39-23)12-13-30(21)42(34,35)25-10-9-22(40-25)19-6-2-1-3-7-19/h1-3,6-7,9-11,15,20-21,24,38H,4-5,8,12-14,16-18H2,(H,28,31). The number of amides is 1. The van der Waals surface area contributed by atoms with Crippen LogP contribution in [0.3, 0.4) is 0 Å². The van der Waals surface area contributed by atoms with Gasteiger partial charge in [-0.3, -0.25) is 4.79 Å². The predicted octanol–water partition coefficient (Wildman–Crippen LogP) is 2.99. The zero-order chi connectivity index (χ0) is 29.7. The van der Waals surface area contributed by atoms with Crippen LogP contribution in [0, 0.1) is 0 Å². The second-order valence-electron chi connectivity index (χ2n) is 9.92. The molecular weight excluding hydrogens is 641 g/mol. The minimum atomic E-state index is -4.15. The molecule has 0 aliphatic carbocycles. The van der Waals surface area contributed by atoms with Crippen molar-refractivity contribution in [3.8, 4) is 10.4 Å². The molecule has 3 unspecified atom stereocenters. The highest BCUT2D eigenvalue weighted by atomic mass is 32.2. The van der Waals surface area contributed by atoms with Gasteiger partial charge in [0.15, 0.2) is 6.29 Å². The highest BCUT2D eigenvalue weighted by Crippen LogP contribution is 2.34. The summed E-state index contributed by atoms with van der Waals surface area (Å²) in [5.41, 5.74) is 3.21. The van der Waals surface area contributed by atoms with Crippen LogP contribution in [0.2, 0.25) is 0 Å². The van der Waals surface area contributed by atoms with E-state index in [2.05, 4.69) is 23.1 Å². The first kappa shape index (κ1) is 31.5. The molecule has 2 aliphatic heterocycles. The van der Waals surface area contributed by atoms with Gasteiger partial charge in [-0.05, 0) is 30.5 Å². The summed E-state index contributed by atoms with van der Waals surface area (Å²) in [6.45, 7) is -0.185. The Hall–Kier alpha value is -1.89. The van der Waals surface area contributed by atoms with Gasteiger partial charge in [0.25, 0.3) is 15.9 Å². The van der Waals surface area contributed by atoms with E-state index in [0.717, 1.165) is 48.2 Å². The molecule has 228 valence electrons. The highest BCUT2D eigenvalue weighted by molar-refractivity contribution is 7.91. The summed E-state index contributed by atoms with van der Waals surface area (Å²) in [6, 6.07) is 11.3. The third-order valence-corrected chi connectivity index (χ3v) is 13.8. The smallest absolute Gasteiger partial charge is 0.263 e. The van der Waals surface area contributed by atoms with Gasteiger partial charge in [-0.25, -0.2) is 32.1 Å². The van der Waals surface area contributed by atoms with Crippen LogP contribution in [0.5, 0.6) is 0 Å². The van der Waals surface area contributed by atoms with Crippen LogP contribution in [0.25, 0.3) is 10.4 Å². The molecule has 0 bridgehead atoms. The summed E-state index contributed by atoms with van der Waals surface area (Å²) in [6.07, 6.45) is 3.69. The van der Waals surface area contributed by atoms with E-state index in [9.17, 15) is 21.6 Å². The van der Waals surface area contributed by atoms with Crippen molar-refractivity contribution in [1.29, 1.82) is 0 Å². The van der Waals surface area contributed by atoms with Crippen molar-refractivity contribution >= 4 is 61.3 Å². The molecule has 0 spiro atoms. The number of thiazole rings is 1. The number of rotatable bonds is 11. The highest BCUT2D eigenvalue weighted by Gasteiger charge is 2.44. The van der Waals surface area contributed by atoms with Crippen LogP contribution in [0.4, 0.5) is 0 Å². The lowest BCUT2D eigenvalue weighted by molar-refractivity contribution is -0.202. The van der Waals surface area contributed by atoms with E-state index in [0.29, 0.717) is 19.4 Å². The second kappa shape index (κ2) is 13.8. The molecule has 2 saturated heterocycles. The maximum absolute atomic E-state index is 13.9. The van der Waals surface area contributed by atoms with Gasteiger partial charge in [-0.1, -0.05) is 30.3 Å². The van der Waals surface area contributed by atoms with E-state index in [1.54, 1.807) is 12.3 Å². The van der Waals surface area contributed by atoms with Gasteiger partial charge in [-0.15, -0.1) is 22.7 Å². The van der Waals surface area contributed by atoms with Crippen molar-refractivity contribution in [1.82, 2.24) is 19.1 Å². The fourth-order valence-electron chi connectivity index (χ4n) is 4.79. The zero-order valence-corrected chi connectivity index (χ0v) is 26.7. The third kappa shape index (κ3) is 7.60. The number of hydroxylamine groups is 1. The van der Waals surface area contributed by atoms with Gasteiger partial charge in [-0.2, -0.15) is 21.2 Å². The summed E-state index contributed by atoms with van der Waals surface area (Å²) in [4.78, 5) is 23.8. The van der Waals surface area contributed by atoms with Crippen molar-refractivity contribution < 1.29 is 31.2 Å². The Bertz CT molecular complexity index is 1540. The Labute approximate surface area is 259 Å². The minimum Gasteiger partial charge on any atom is -0.350 e. The SMILES string of the molecule is O=C(NOC1CCCCO1)C1CN(S(=O)(=O)CC(S)Cc2nccs2)CCN1S(=O)(=O)c1ccc(-c2ccccc2)s1. The molecule has 0 radical (unpaired) electrons. The van der Waals surface area contributed by atoms with E-state index in [1.165, 1.54) is 17.4 Å². The topological polar surface area (TPSA) is 135 Å². The molecule has 4 heterocycles. The number of ether oxygens (including phenoxy) is 1. The van der Waals surface area contributed by atoms with Gasteiger partial charge in [0.2, 0.25) is 10.0 Å². The predicted molar refractivity (Wildman–Crippen MR) is 164 cm³/mol. The van der Waals surface area contributed by atoms with Gasteiger partial charge in [0, 0.05) is 60.8 Å². The molecule has 2 aliphatic rings. The molecule has 3 atom stereocenters. The average Bonchev–Trinajstić information content (AvgIpc) is 3.69. The normalized spacial score (nSPS) is 21.6. The first-order valence-corrected chi connectivity index (χ1v) is 18.7. The summed E-state index contributed by atoms with van der Waals surface area (Å²) >= 11 is 6.98. The van der Waals surface area contributed by atoms with Crippen LogP contribution >= 0.6 is 35.3 Å². The fraction of sp³-hybridized carbons (Fsp3) is 0.462. The number of piperazine rings is 1. The second-order valence-corrected chi connectivity index (χ2v) is 16.8. The lowest BCUT2D eigenvalue weighted by Gasteiger charge is -2.39. The number of nitrogens with one attached hydrogen (secondary N) is 1. The third-order valence-electron chi connectivity index (χ3n) is 6.92. The number of hydrogen-bond donors (Lipinski definition) is 2. The van der Waals surface area contributed by atoms with Gasteiger partial charge >= 0.3 is 0 Å². The lowest BCUT2D eigenvalue weighted by atomic mass is 10.2. The summed E-state index contributed by atoms with van der Waals surface area (Å²) in [5, 5.41) is 2.06. The van der Waals surface area contributed by atoms with Gasteiger partial charge in [0.1, 0.15) is 10.3 Å². The van der Waals surface area contributed by atoms with Gasteiger partial charge in [0.05, 0.1) is 10.8 Å².